The van der Waals surface area contributed by atoms with Crippen LogP contribution in [0.25, 0.3) is 0 Å². The Bertz CT molecular complexity index is 700. The molecular formula is C14H16N4O2S2. The smallest absolute Gasteiger partial charge is 0.221 e. The van der Waals surface area contributed by atoms with E-state index in [1.165, 1.54) is 30.4 Å². The molecule has 0 unspecified atom stereocenters. The zero-order valence-electron chi connectivity index (χ0n) is 12.5. The Morgan fingerprint density at radius 1 is 1.36 bits per heavy atom. The topological polar surface area (TPSA) is 87.7 Å². The summed E-state index contributed by atoms with van der Waals surface area (Å²) < 4.78 is 0. The molecule has 0 bridgehead atoms. The van der Waals surface area contributed by atoms with Crippen LogP contribution in [0.1, 0.15) is 23.1 Å². The second-order valence-electron chi connectivity index (χ2n) is 4.51. The number of aromatic amines is 1. The minimum Gasteiger partial charge on any atom is -0.325 e. The number of ketones is 1. The predicted molar refractivity (Wildman–Crippen MR) is 88.7 cm³/mol. The number of thioether (sulfide) groups is 2. The van der Waals surface area contributed by atoms with Crippen molar-refractivity contribution in [2.45, 2.75) is 23.9 Å². The lowest BCUT2D eigenvalue weighted by molar-refractivity contribution is -0.114. The fourth-order valence-electron chi connectivity index (χ4n) is 1.76. The molecule has 0 aliphatic carbocycles. The van der Waals surface area contributed by atoms with Gasteiger partial charge in [-0.2, -0.15) is 0 Å². The van der Waals surface area contributed by atoms with Crippen molar-refractivity contribution >= 4 is 40.9 Å². The zero-order chi connectivity index (χ0) is 16.1. The molecule has 8 heteroatoms. The maximum atomic E-state index is 12.2. The number of anilines is 1. The maximum absolute atomic E-state index is 12.2. The van der Waals surface area contributed by atoms with Crippen LogP contribution in [-0.2, 0) is 4.79 Å². The Morgan fingerprint density at radius 2 is 2.14 bits per heavy atom. The quantitative estimate of drug-likeness (QED) is 0.623. The lowest BCUT2D eigenvalue weighted by atomic mass is 10.1. The number of hydrogen-bond donors (Lipinski definition) is 2. The van der Waals surface area contributed by atoms with Gasteiger partial charge in [0.05, 0.1) is 11.4 Å². The molecule has 0 fully saturated rings. The van der Waals surface area contributed by atoms with E-state index in [0.717, 1.165) is 10.7 Å². The standard InChI is InChI=1S/C14H16N4O2S2/c1-8-15-14(18-17-8)22-7-12(20)10-4-5-11(16-9(2)19)13(6-10)21-3/h4-6H,7H2,1-3H3,(H,16,19)(H,15,17,18). The molecule has 0 saturated carbocycles. The van der Waals surface area contributed by atoms with Gasteiger partial charge in [0.25, 0.3) is 0 Å². The first-order chi connectivity index (χ1) is 10.5. The van der Waals surface area contributed by atoms with Crippen LogP contribution in [0.2, 0.25) is 0 Å². The van der Waals surface area contributed by atoms with Crippen LogP contribution in [-0.4, -0.2) is 38.9 Å². The summed E-state index contributed by atoms with van der Waals surface area (Å²) >= 11 is 2.78. The molecule has 0 atom stereocenters. The van der Waals surface area contributed by atoms with Crippen LogP contribution in [0.3, 0.4) is 0 Å². The summed E-state index contributed by atoms with van der Waals surface area (Å²) in [5.41, 5.74) is 1.33. The number of Topliss-reactive ketones (excluding diaryl/α,β-unsaturated/α-hetero) is 1. The molecule has 2 N–H and O–H groups in total. The average Bonchev–Trinajstić information content (AvgIpc) is 2.90. The van der Waals surface area contributed by atoms with Gasteiger partial charge in [-0.15, -0.1) is 16.9 Å². The SMILES string of the molecule is CSc1cc(C(=O)CSc2n[nH]c(C)n2)ccc1NC(C)=O. The molecule has 6 nitrogen and oxygen atoms in total. The summed E-state index contributed by atoms with van der Waals surface area (Å²) in [6.45, 7) is 3.27. The molecule has 1 aromatic carbocycles. The highest BCUT2D eigenvalue weighted by atomic mass is 32.2. The van der Waals surface area contributed by atoms with Crippen molar-refractivity contribution in [3.8, 4) is 0 Å². The van der Waals surface area contributed by atoms with Gasteiger partial charge >= 0.3 is 0 Å². The van der Waals surface area contributed by atoms with Gasteiger partial charge in [-0.05, 0) is 31.4 Å². The second-order valence-corrected chi connectivity index (χ2v) is 6.30. The third kappa shape index (κ3) is 4.35. The Kier molecular flexibility index (Phi) is 5.62. The fraction of sp³-hybridized carbons (Fsp3) is 0.286. The molecule has 2 aromatic rings. The van der Waals surface area contributed by atoms with Crippen molar-refractivity contribution < 1.29 is 9.59 Å². The summed E-state index contributed by atoms with van der Waals surface area (Å²) in [6.07, 6.45) is 1.90. The Morgan fingerprint density at radius 3 is 2.73 bits per heavy atom. The first-order valence-corrected chi connectivity index (χ1v) is 8.71. The first kappa shape index (κ1) is 16.6. The van der Waals surface area contributed by atoms with Crippen LogP contribution in [0.4, 0.5) is 5.69 Å². The first-order valence-electron chi connectivity index (χ1n) is 6.50. The van der Waals surface area contributed by atoms with Crippen molar-refractivity contribution in [3.63, 3.8) is 0 Å². The van der Waals surface area contributed by atoms with E-state index in [4.69, 9.17) is 0 Å². The Labute approximate surface area is 136 Å². The monoisotopic (exact) mass is 336 g/mol. The number of H-pyrrole nitrogens is 1. The van der Waals surface area contributed by atoms with E-state index in [1.54, 1.807) is 18.2 Å². The molecule has 1 aromatic heterocycles. The molecule has 0 aliphatic heterocycles. The number of nitrogens with one attached hydrogen (secondary N) is 2. The van der Waals surface area contributed by atoms with E-state index in [0.29, 0.717) is 16.4 Å². The number of benzene rings is 1. The van der Waals surface area contributed by atoms with Crippen molar-refractivity contribution in [2.75, 3.05) is 17.3 Å². The molecule has 0 radical (unpaired) electrons. The molecule has 116 valence electrons. The fourth-order valence-corrected chi connectivity index (χ4v) is 3.08. The molecular weight excluding hydrogens is 320 g/mol. The molecule has 1 amide bonds. The number of hydrogen-bond acceptors (Lipinski definition) is 6. The number of rotatable bonds is 6. The number of aromatic nitrogens is 3. The lowest BCUT2D eigenvalue weighted by Crippen LogP contribution is -2.08. The molecule has 0 aliphatic rings. The van der Waals surface area contributed by atoms with Crippen molar-refractivity contribution in [2.24, 2.45) is 0 Å². The van der Waals surface area contributed by atoms with Gasteiger partial charge < -0.3 is 5.32 Å². The van der Waals surface area contributed by atoms with E-state index < -0.39 is 0 Å². The van der Waals surface area contributed by atoms with Crippen LogP contribution < -0.4 is 5.32 Å². The van der Waals surface area contributed by atoms with E-state index >= 15 is 0 Å². The van der Waals surface area contributed by atoms with Gasteiger partial charge in [-0.25, -0.2) is 4.98 Å². The minimum absolute atomic E-state index is 0.00266. The van der Waals surface area contributed by atoms with Crippen molar-refractivity contribution in [1.82, 2.24) is 15.2 Å². The number of carbonyl (C=O) groups excluding carboxylic acids is 2. The van der Waals surface area contributed by atoms with E-state index in [1.807, 2.05) is 13.2 Å². The van der Waals surface area contributed by atoms with Crippen LogP contribution in [0.5, 0.6) is 0 Å². The highest BCUT2D eigenvalue weighted by Gasteiger charge is 2.12. The normalized spacial score (nSPS) is 10.5. The minimum atomic E-state index is -0.134. The zero-order valence-corrected chi connectivity index (χ0v) is 14.1. The van der Waals surface area contributed by atoms with E-state index in [9.17, 15) is 9.59 Å². The van der Waals surface area contributed by atoms with Gasteiger partial charge in [-0.1, -0.05) is 11.8 Å². The maximum Gasteiger partial charge on any atom is 0.221 e. The summed E-state index contributed by atoms with van der Waals surface area (Å²) in [5, 5.41) is 10.0. The van der Waals surface area contributed by atoms with Gasteiger partial charge in [-0.3, -0.25) is 14.7 Å². The third-order valence-electron chi connectivity index (χ3n) is 2.74. The predicted octanol–water partition coefficient (Wildman–Crippen LogP) is 2.77. The summed E-state index contributed by atoms with van der Waals surface area (Å²) in [7, 11) is 0. The summed E-state index contributed by atoms with van der Waals surface area (Å²) in [6, 6.07) is 5.27. The van der Waals surface area contributed by atoms with E-state index in [2.05, 4.69) is 20.5 Å². The highest BCUT2D eigenvalue weighted by Crippen LogP contribution is 2.27. The largest absolute Gasteiger partial charge is 0.325 e. The molecule has 1 heterocycles. The highest BCUT2D eigenvalue weighted by molar-refractivity contribution is 7.99. The number of aryl methyl sites for hydroxylation is 1. The van der Waals surface area contributed by atoms with E-state index in [-0.39, 0.29) is 17.4 Å². The number of amides is 1. The average molecular weight is 336 g/mol. The summed E-state index contributed by atoms with van der Waals surface area (Å²) in [4.78, 5) is 28.4. The van der Waals surface area contributed by atoms with Gasteiger partial charge in [0.1, 0.15) is 5.82 Å². The second kappa shape index (κ2) is 7.46. The molecule has 22 heavy (non-hydrogen) atoms. The van der Waals surface area contributed by atoms with Crippen LogP contribution >= 0.6 is 23.5 Å². The van der Waals surface area contributed by atoms with Gasteiger partial charge in [0, 0.05) is 17.4 Å². The Hall–Kier alpha value is -1.80. The Balaban J connectivity index is 2.07. The number of nitrogens with zero attached hydrogens (tertiary/aromatic N) is 2. The van der Waals surface area contributed by atoms with Gasteiger partial charge in [0.2, 0.25) is 11.1 Å². The molecule has 0 spiro atoms. The van der Waals surface area contributed by atoms with Gasteiger partial charge in [0.15, 0.2) is 5.78 Å². The third-order valence-corrected chi connectivity index (χ3v) is 4.37. The molecule has 0 saturated heterocycles. The van der Waals surface area contributed by atoms with Crippen LogP contribution in [0.15, 0.2) is 28.3 Å². The summed E-state index contributed by atoms with van der Waals surface area (Å²) in [5.74, 6) is 0.853. The van der Waals surface area contributed by atoms with Crippen molar-refractivity contribution in [1.29, 1.82) is 0 Å². The lowest BCUT2D eigenvalue weighted by Gasteiger charge is -2.09. The van der Waals surface area contributed by atoms with Crippen LogP contribution in [0, 0.1) is 6.92 Å². The number of carbonyl (C=O) groups is 2. The molecule has 2 rings (SSSR count). The van der Waals surface area contributed by atoms with Crippen molar-refractivity contribution in [3.05, 3.63) is 29.6 Å².